The molecule has 0 bridgehead atoms. The molecular formula is C9H11F6N3OS. The Kier molecular flexibility index (Phi) is 5.71. The molecule has 4 nitrogen and oxygen atoms in total. The van der Waals surface area contributed by atoms with Crippen molar-refractivity contribution in [3.8, 4) is 0 Å². The summed E-state index contributed by atoms with van der Waals surface area (Å²) in [6.07, 6.45) is -10.9. The average Bonchev–Trinajstić information content (AvgIpc) is 2.68. The quantitative estimate of drug-likeness (QED) is 0.645. The molecule has 116 valence electrons. The number of methoxy groups -OCH3 is 1. The molecule has 1 rings (SSSR count). The third-order valence-corrected chi connectivity index (χ3v) is 3.13. The van der Waals surface area contributed by atoms with Crippen molar-refractivity contribution in [3.05, 3.63) is 10.0 Å². The SMILES string of the molecule is COCCNCc1nnc(C(C(F)(F)F)C(F)(F)F)s1. The summed E-state index contributed by atoms with van der Waals surface area (Å²) in [5.74, 6) is -3.60. The van der Waals surface area contributed by atoms with Gasteiger partial charge in [-0.05, 0) is 0 Å². The lowest BCUT2D eigenvalue weighted by Gasteiger charge is -2.20. The number of hydrogen-bond donors (Lipinski definition) is 1. The minimum absolute atomic E-state index is 0.0312. The summed E-state index contributed by atoms with van der Waals surface area (Å²) in [7, 11) is 1.46. The zero-order valence-electron chi connectivity index (χ0n) is 10.2. The number of hydrogen-bond acceptors (Lipinski definition) is 5. The Bertz CT molecular complexity index is 405. The molecule has 1 aromatic heterocycles. The van der Waals surface area contributed by atoms with Gasteiger partial charge in [0.05, 0.1) is 6.61 Å². The number of ether oxygens (including phenoxy) is 1. The Morgan fingerprint density at radius 3 is 2.25 bits per heavy atom. The van der Waals surface area contributed by atoms with Crippen LogP contribution in [0.3, 0.4) is 0 Å². The maximum atomic E-state index is 12.5. The summed E-state index contributed by atoms with van der Waals surface area (Å²) in [5, 5.41) is 8.03. The van der Waals surface area contributed by atoms with E-state index >= 15 is 0 Å². The number of nitrogens with one attached hydrogen (secondary N) is 1. The van der Waals surface area contributed by atoms with E-state index < -0.39 is 23.3 Å². The normalized spacial score (nSPS) is 13.2. The molecule has 0 saturated carbocycles. The lowest BCUT2D eigenvalue weighted by atomic mass is 10.1. The molecule has 1 heterocycles. The summed E-state index contributed by atoms with van der Waals surface area (Å²) in [4.78, 5) is 0. The molecule has 20 heavy (non-hydrogen) atoms. The van der Waals surface area contributed by atoms with E-state index in [2.05, 4.69) is 15.5 Å². The van der Waals surface area contributed by atoms with E-state index in [-0.39, 0.29) is 22.9 Å². The second-order valence-corrected chi connectivity index (χ2v) is 4.81. The van der Waals surface area contributed by atoms with Gasteiger partial charge in [0, 0.05) is 20.2 Å². The van der Waals surface area contributed by atoms with Crippen molar-refractivity contribution in [2.45, 2.75) is 24.8 Å². The first-order chi connectivity index (χ1) is 9.16. The fourth-order valence-electron chi connectivity index (χ4n) is 1.29. The highest BCUT2D eigenvalue weighted by Gasteiger charge is 2.59. The van der Waals surface area contributed by atoms with E-state index in [0.717, 1.165) is 0 Å². The molecule has 0 unspecified atom stereocenters. The third-order valence-electron chi connectivity index (χ3n) is 2.14. The van der Waals surface area contributed by atoms with E-state index in [0.29, 0.717) is 13.2 Å². The van der Waals surface area contributed by atoms with Gasteiger partial charge in [0.25, 0.3) is 0 Å². The highest BCUT2D eigenvalue weighted by atomic mass is 32.1. The lowest BCUT2D eigenvalue weighted by molar-refractivity contribution is -0.253. The Balaban J connectivity index is 2.77. The van der Waals surface area contributed by atoms with Crippen LogP contribution in [0, 0.1) is 0 Å². The molecule has 1 aromatic rings. The van der Waals surface area contributed by atoms with Gasteiger partial charge in [0.2, 0.25) is 5.92 Å². The maximum Gasteiger partial charge on any atom is 0.406 e. The van der Waals surface area contributed by atoms with Gasteiger partial charge in [0.15, 0.2) is 0 Å². The van der Waals surface area contributed by atoms with E-state index in [1.807, 2.05) is 0 Å². The first-order valence-corrected chi connectivity index (χ1v) is 6.13. The number of aromatic nitrogens is 2. The van der Waals surface area contributed by atoms with Crippen LogP contribution >= 0.6 is 11.3 Å². The predicted octanol–water partition coefficient (Wildman–Crippen LogP) is 2.48. The first-order valence-electron chi connectivity index (χ1n) is 5.31. The van der Waals surface area contributed by atoms with Crippen molar-refractivity contribution < 1.29 is 31.1 Å². The second-order valence-electron chi connectivity index (χ2n) is 3.72. The van der Waals surface area contributed by atoms with Crippen molar-refractivity contribution in [3.63, 3.8) is 0 Å². The first kappa shape index (κ1) is 17.1. The predicted molar refractivity (Wildman–Crippen MR) is 58.3 cm³/mol. The van der Waals surface area contributed by atoms with E-state index in [9.17, 15) is 26.3 Å². The van der Waals surface area contributed by atoms with Crippen LogP contribution in [0.4, 0.5) is 26.3 Å². The Labute approximate surface area is 114 Å². The maximum absolute atomic E-state index is 12.5. The summed E-state index contributed by atoms with van der Waals surface area (Å²) in [6, 6.07) is 0. The average molecular weight is 323 g/mol. The second kappa shape index (κ2) is 6.68. The minimum Gasteiger partial charge on any atom is -0.383 e. The van der Waals surface area contributed by atoms with Crippen molar-refractivity contribution >= 4 is 11.3 Å². The molecule has 0 amide bonds. The van der Waals surface area contributed by atoms with Crippen molar-refractivity contribution in [1.29, 1.82) is 0 Å². The van der Waals surface area contributed by atoms with Crippen LogP contribution in [-0.4, -0.2) is 42.8 Å². The fourth-order valence-corrected chi connectivity index (χ4v) is 2.25. The summed E-state index contributed by atoms with van der Waals surface area (Å²) in [5.41, 5.74) is 0. The molecule has 0 spiro atoms. The molecule has 11 heteroatoms. The smallest absolute Gasteiger partial charge is 0.383 e. The highest BCUT2D eigenvalue weighted by molar-refractivity contribution is 7.11. The van der Waals surface area contributed by atoms with Crippen molar-refractivity contribution in [2.24, 2.45) is 0 Å². The zero-order valence-corrected chi connectivity index (χ0v) is 11.0. The molecule has 0 aromatic carbocycles. The van der Waals surface area contributed by atoms with Gasteiger partial charge in [-0.3, -0.25) is 0 Å². The number of halogens is 6. The van der Waals surface area contributed by atoms with Crippen LogP contribution in [0.1, 0.15) is 15.9 Å². The Hall–Kier alpha value is -0.940. The number of nitrogens with zero attached hydrogens (tertiary/aromatic N) is 2. The summed E-state index contributed by atoms with van der Waals surface area (Å²) < 4.78 is 79.4. The van der Waals surface area contributed by atoms with Gasteiger partial charge in [-0.1, -0.05) is 11.3 Å². The molecule has 0 fully saturated rings. The summed E-state index contributed by atoms with van der Waals surface area (Å²) >= 11 is 0.287. The molecule has 0 aliphatic carbocycles. The van der Waals surface area contributed by atoms with Gasteiger partial charge in [-0.15, -0.1) is 10.2 Å². The van der Waals surface area contributed by atoms with Gasteiger partial charge in [0.1, 0.15) is 10.0 Å². The van der Waals surface area contributed by atoms with Crippen LogP contribution in [0.25, 0.3) is 0 Å². The largest absolute Gasteiger partial charge is 0.406 e. The standard InChI is InChI=1S/C9H11F6N3OS/c1-19-3-2-16-4-5-17-18-7(20-5)6(8(10,11)12)9(13,14)15/h6,16H,2-4H2,1H3. The fraction of sp³-hybridized carbons (Fsp3) is 0.778. The molecule has 0 radical (unpaired) electrons. The molecular weight excluding hydrogens is 312 g/mol. The minimum atomic E-state index is -5.45. The van der Waals surface area contributed by atoms with Crippen LogP contribution in [-0.2, 0) is 11.3 Å². The number of alkyl halides is 6. The number of rotatable bonds is 6. The van der Waals surface area contributed by atoms with Crippen molar-refractivity contribution in [2.75, 3.05) is 20.3 Å². The van der Waals surface area contributed by atoms with Gasteiger partial charge >= 0.3 is 12.4 Å². The lowest BCUT2D eigenvalue weighted by Crippen LogP contribution is -2.34. The summed E-state index contributed by atoms with van der Waals surface area (Å²) in [6.45, 7) is 0.788. The Morgan fingerprint density at radius 2 is 1.75 bits per heavy atom. The highest BCUT2D eigenvalue weighted by Crippen LogP contribution is 2.46. The van der Waals surface area contributed by atoms with E-state index in [1.54, 1.807) is 0 Å². The molecule has 0 aliphatic heterocycles. The van der Waals surface area contributed by atoms with Crippen LogP contribution < -0.4 is 5.32 Å². The van der Waals surface area contributed by atoms with E-state index in [4.69, 9.17) is 4.74 Å². The molecule has 0 aliphatic rings. The van der Waals surface area contributed by atoms with Gasteiger partial charge in [-0.25, -0.2) is 0 Å². The van der Waals surface area contributed by atoms with Crippen LogP contribution in [0.2, 0.25) is 0 Å². The zero-order chi connectivity index (χ0) is 15.4. The third kappa shape index (κ3) is 4.87. The van der Waals surface area contributed by atoms with E-state index in [1.165, 1.54) is 7.11 Å². The molecule has 0 atom stereocenters. The molecule has 1 N–H and O–H groups in total. The van der Waals surface area contributed by atoms with Gasteiger partial charge in [-0.2, -0.15) is 26.3 Å². The monoisotopic (exact) mass is 323 g/mol. The van der Waals surface area contributed by atoms with Crippen molar-refractivity contribution in [1.82, 2.24) is 15.5 Å². The van der Waals surface area contributed by atoms with Gasteiger partial charge < -0.3 is 10.1 Å². The molecule has 0 saturated heterocycles. The van der Waals surface area contributed by atoms with Crippen LogP contribution in [0.5, 0.6) is 0 Å². The van der Waals surface area contributed by atoms with Crippen LogP contribution in [0.15, 0.2) is 0 Å². The Morgan fingerprint density at radius 1 is 1.15 bits per heavy atom. The topological polar surface area (TPSA) is 47.0 Å².